The van der Waals surface area contributed by atoms with Crippen LogP contribution in [0.2, 0.25) is 6.32 Å². The van der Waals surface area contributed by atoms with Gasteiger partial charge in [0.25, 0.3) is 0 Å². The molecular weight excluding hydrogens is 355 g/mol. The summed E-state index contributed by atoms with van der Waals surface area (Å²) in [4.78, 5) is 11.5. The molecule has 2 aromatic rings. The standard InChI is InChI=1S/C22H31BO5/c1-16-14-20(24)26-19-15-17(10-11-18(16)19)25-13-9-7-6-8-12-23-27-21(2,3)22(4,5)28-23/h10-11,14-15H,6-9,12-13H2,1-5H3. The van der Waals surface area contributed by atoms with Crippen LogP contribution >= 0.6 is 0 Å². The summed E-state index contributed by atoms with van der Waals surface area (Å²) in [7, 11) is -0.100. The third-order valence-corrected chi connectivity index (χ3v) is 5.83. The summed E-state index contributed by atoms with van der Waals surface area (Å²) < 4.78 is 23.1. The SMILES string of the molecule is Cc1cc(=O)oc2cc(OCCCCCCB3OC(C)(C)C(C)(C)O3)ccc12. The van der Waals surface area contributed by atoms with Crippen molar-refractivity contribution < 1.29 is 18.5 Å². The normalized spacial score (nSPS) is 18.0. The molecule has 3 rings (SSSR count). The molecule has 1 fully saturated rings. The monoisotopic (exact) mass is 386 g/mol. The number of ether oxygens (including phenoxy) is 1. The first kappa shape index (κ1) is 20.9. The molecule has 152 valence electrons. The van der Waals surface area contributed by atoms with Crippen molar-refractivity contribution in [3.8, 4) is 5.75 Å². The van der Waals surface area contributed by atoms with Gasteiger partial charge in [-0.05, 0) is 65.1 Å². The van der Waals surface area contributed by atoms with Crippen LogP contribution in [0.1, 0.15) is 58.9 Å². The van der Waals surface area contributed by atoms with E-state index in [0.717, 1.165) is 48.7 Å². The largest absolute Gasteiger partial charge is 0.493 e. The molecule has 2 heterocycles. The molecule has 0 bridgehead atoms. The van der Waals surface area contributed by atoms with Crippen molar-refractivity contribution in [2.75, 3.05) is 6.61 Å². The number of hydrogen-bond donors (Lipinski definition) is 0. The van der Waals surface area contributed by atoms with Crippen LogP contribution in [0.25, 0.3) is 11.0 Å². The molecule has 0 spiro atoms. The third kappa shape index (κ3) is 4.79. The predicted octanol–water partition coefficient (Wildman–Crippen LogP) is 5.13. The molecule has 6 heteroatoms. The Morgan fingerprint density at radius 1 is 0.964 bits per heavy atom. The molecule has 0 unspecified atom stereocenters. The van der Waals surface area contributed by atoms with Gasteiger partial charge in [0.1, 0.15) is 11.3 Å². The van der Waals surface area contributed by atoms with E-state index in [1.165, 1.54) is 6.07 Å². The van der Waals surface area contributed by atoms with Crippen molar-refractivity contribution in [1.29, 1.82) is 0 Å². The lowest BCUT2D eigenvalue weighted by Crippen LogP contribution is -2.41. The fraction of sp³-hybridized carbons (Fsp3) is 0.591. The summed E-state index contributed by atoms with van der Waals surface area (Å²) in [5.74, 6) is 0.735. The maximum atomic E-state index is 11.5. The van der Waals surface area contributed by atoms with Gasteiger partial charge >= 0.3 is 12.7 Å². The highest BCUT2D eigenvalue weighted by atomic mass is 16.7. The average Bonchev–Trinajstić information content (AvgIpc) is 2.80. The molecule has 0 atom stereocenters. The Bertz CT molecular complexity index is 855. The van der Waals surface area contributed by atoms with Crippen LogP contribution < -0.4 is 10.4 Å². The molecule has 0 saturated carbocycles. The van der Waals surface area contributed by atoms with Gasteiger partial charge in [-0.1, -0.05) is 19.3 Å². The highest BCUT2D eigenvalue weighted by molar-refractivity contribution is 6.45. The van der Waals surface area contributed by atoms with E-state index >= 15 is 0 Å². The van der Waals surface area contributed by atoms with E-state index < -0.39 is 0 Å². The van der Waals surface area contributed by atoms with E-state index in [9.17, 15) is 4.79 Å². The highest BCUT2D eigenvalue weighted by Crippen LogP contribution is 2.38. The summed E-state index contributed by atoms with van der Waals surface area (Å²) in [5, 5.41) is 0.939. The maximum Gasteiger partial charge on any atom is 0.457 e. The van der Waals surface area contributed by atoms with Crippen molar-refractivity contribution in [1.82, 2.24) is 0 Å². The second-order valence-electron chi connectivity index (χ2n) is 8.64. The second kappa shape index (κ2) is 8.30. The first-order valence-corrected chi connectivity index (χ1v) is 10.2. The van der Waals surface area contributed by atoms with Gasteiger partial charge in [-0.25, -0.2) is 4.79 Å². The summed E-state index contributed by atoms with van der Waals surface area (Å²) in [6, 6.07) is 7.16. The lowest BCUT2D eigenvalue weighted by atomic mass is 9.82. The summed E-state index contributed by atoms with van der Waals surface area (Å²) in [6.07, 6.45) is 5.22. The topological polar surface area (TPSA) is 57.9 Å². The van der Waals surface area contributed by atoms with Gasteiger partial charge in [-0.3, -0.25) is 0 Å². The first-order chi connectivity index (χ1) is 13.2. The number of rotatable bonds is 8. The molecule has 0 aliphatic carbocycles. The van der Waals surface area contributed by atoms with Crippen LogP contribution in [0, 0.1) is 6.92 Å². The van der Waals surface area contributed by atoms with Crippen LogP contribution in [0.4, 0.5) is 0 Å². The lowest BCUT2D eigenvalue weighted by Gasteiger charge is -2.32. The molecule has 1 aliphatic heterocycles. The number of unbranched alkanes of at least 4 members (excludes halogenated alkanes) is 3. The van der Waals surface area contributed by atoms with E-state index in [1.54, 1.807) is 6.07 Å². The van der Waals surface area contributed by atoms with Gasteiger partial charge < -0.3 is 18.5 Å². The predicted molar refractivity (Wildman–Crippen MR) is 112 cm³/mol. The zero-order valence-electron chi connectivity index (χ0n) is 17.7. The van der Waals surface area contributed by atoms with Crippen molar-refractivity contribution >= 4 is 18.1 Å². The molecule has 1 aliphatic rings. The van der Waals surface area contributed by atoms with Gasteiger partial charge in [0.15, 0.2) is 0 Å². The minimum atomic E-state index is -0.329. The van der Waals surface area contributed by atoms with E-state index in [2.05, 4.69) is 27.7 Å². The van der Waals surface area contributed by atoms with E-state index in [4.69, 9.17) is 18.5 Å². The number of aryl methyl sites for hydroxylation is 1. The molecule has 0 amide bonds. The fourth-order valence-electron chi connectivity index (χ4n) is 3.43. The molecular formula is C22H31BO5. The Morgan fingerprint density at radius 3 is 2.36 bits per heavy atom. The quantitative estimate of drug-likeness (QED) is 0.358. The minimum absolute atomic E-state index is 0.100. The Kier molecular flexibility index (Phi) is 6.20. The molecule has 28 heavy (non-hydrogen) atoms. The molecule has 1 aromatic heterocycles. The van der Waals surface area contributed by atoms with Crippen LogP contribution in [0.5, 0.6) is 5.75 Å². The van der Waals surface area contributed by atoms with Gasteiger partial charge in [-0.15, -0.1) is 0 Å². The lowest BCUT2D eigenvalue weighted by molar-refractivity contribution is 0.00578. The summed E-state index contributed by atoms with van der Waals surface area (Å²) in [5.41, 5.74) is 0.667. The van der Waals surface area contributed by atoms with Crippen molar-refractivity contribution in [3.05, 3.63) is 40.2 Å². The Morgan fingerprint density at radius 2 is 1.64 bits per heavy atom. The van der Waals surface area contributed by atoms with Gasteiger partial charge in [-0.2, -0.15) is 0 Å². The van der Waals surface area contributed by atoms with Crippen molar-refractivity contribution in [3.63, 3.8) is 0 Å². The third-order valence-electron chi connectivity index (χ3n) is 5.83. The Labute approximate surface area is 167 Å². The van der Waals surface area contributed by atoms with Gasteiger partial charge in [0.2, 0.25) is 0 Å². The summed E-state index contributed by atoms with van der Waals surface area (Å²) in [6.45, 7) is 10.9. The minimum Gasteiger partial charge on any atom is -0.493 e. The second-order valence-corrected chi connectivity index (χ2v) is 8.64. The molecule has 5 nitrogen and oxygen atoms in total. The van der Waals surface area contributed by atoms with Crippen LogP contribution in [-0.2, 0) is 9.31 Å². The maximum absolute atomic E-state index is 11.5. The Hall–Kier alpha value is -1.79. The van der Waals surface area contributed by atoms with Crippen LogP contribution in [0.3, 0.4) is 0 Å². The molecule has 0 radical (unpaired) electrons. The zero-order chi connectivity index (χ0) is 20.4. The number of hydrogen-bond acceptors (Lipinski definition) is 5. The van der Waals surface area contributed by atoms with Crippen molar-refractivity contribution in [2.24, 2.45) is 0 Å². The smallest absolute Gasteiger partial charge is 0.457 e. The first-order valence-electron chi connectivity index (χ1n) is 10.2. The van der Waals surface area contributed by atoms with Gasteiger partial charge in [0.05, 0.1) is 17.8 Å². The number of benzene rings is 1. The Balaban J connectivity index is 1.36. The van der Waals surface area contributed by atoms with Crippen molar-refractivity contribution in [2.45, 2.75) is 77.8 Å². The number of fused-ring (bicyclic) bond motifs is 1. The fourth-order valence-corrected chi connectivity index (χ4v) is 3.43. The average molecular weight is 386 g/mol. The van der Waals surface area contributed by atoms with Crippen LogP contribution in [0.15, 0.2) is 33.5 Å². The summed E-state index contributed by atoms with van der Waals surface area (Å²) >= 11 is 0. The molecule has 0 N–H and O–H groups in total. The van der Waals surface area contributed by atoms with E-state index in [-0.39, 0.29) is 23.9 Å². The highest BCUT2D eigenvalue weighted by Gasteiger charge is 2.50. The molecule has 1 aromatic carbocycles. The van der Waals surface area contributed by atoms with E-state index in [0.29, 0.717) is 12.2 Å². The van der Waals surface area contributed by atoms with Crippen LogP contribution in [-0.4, -0.2) is 24.9 Å². The van der Waals surface area contributed by atoms with Gasteiger partial charge in [0, 0.05) is 17.5 Å². The van der Waals surface area contributed by atoms with E-state index in [1.807, 2.05) is 19.1 Å². The molecule has 1 saturated heterocycles. The zero-order valence-corrected chi connectivity index (χ0v) is 17.7.